The van der Waals surface area contributed by atoms with Gasteiger partial charge < -0.3 is 5.32 Å². The Hall–Kier alpha value is -0.0800. The van der Waals surface area contributed by atoms with E-state index in [9.17, 15) is 0 Å². The smallest absolute Gasteiger partial charge is 0.0247 e. The molecule has 2 fully saturated rings. The van der Waals surface area contributed by atoms with Gasteiger partial charge in [-0.15, -0.1) is 0 Å². The van der Waals surface area contributed by atoms with Crippen molar-refractivity contribution in [1.82, 2.24) is 10.2 Å². The van der Waals surface area contributed by atoms with Gasteiger partial charge in [-0.05, 0) is 37.5 Å². The van der Waals surface area contributed by atoms with Crippen LogP contribution in [0.4, 0.5) is 0 Å². The third kappa shape index (κ3) is 3.03. The summed E-state index contributed by atoms with van der Waals surface area (Å²) in [5.74, 6) is 1.72. The number of hydrogen-bond donors (Lipinski definition) is 1. The standard InChI is InChI=1S/C15H30N2/c1-5-13-10-17(14-7-6-12(4)8-14)15(9-16-13)11(2)3/h11-16H,5-10H2,1-4H3. The molecule has 1 saturated heterocycles. The van der Waals surface area contributed by atoms with Crippen molar-refractivity contribution in [2.24, 2.45) is 11.8 Å². The normalized spacial score (nSPS) is 40.1. The Bertz CT molecular complexity index is 239. The quantitative estimate of drug-likeness (QED) is 0.813. The van der Waals surface area contributed by atoms with Crippen LogP contribution in [0.15, 0.2) is 0 Å². The molecule has 100 valence electrons. The van der Waals surface area contributed by atoms with Crippen LogP contribution in [-0.2, 0) is 0 Å². The van der Waals surface area contributed by atoms with E-state index in [2.05, 4.69) is 37.9 Å². The van der Waals surface area contributed by atoms with Crippen molar-refractivity contribution < 1.29 is 0 Å². The highest BCUT2D eigenvalue weighted by Crippen LogP contribution is 2.32. The van der Waals surface area contributed by atoms with E-state index in [0.717, 1.165) is 30.0 Å². The van der Waals surface area contributed by atoms with E-state index in [1.807, 2.05) is 0 Å². The highest BCUT2D eigenvalue weighted by molar-refractivity contribution is 4.93. The topological polar surface area (TPSA) is 15.3 Å². The van der Waals surface area contributed by atoms with Crippen molar-refractivity contribution in [1.29, 1.82) is 0 Å². The average molecular weight is 238 g/mol. The van der Waals surface area contributed by atoms with Gasteiger partial charge in [0.15, 0.2) is 0 Å². The number of hydrogen-bond acceptors (Lipinski definition) is 2. The SMILES string of the molecule is CCC1CN(C2CCC(C)C2)C(C(C)C)CN1. The summed E-state index contributed by atoms with van der Waals surface area (Å²) in [6.45, 7) is 12.0. The van der Waals surface area contributed by atoms with Crippen molar-refractivity contribution in [3.8, 4) is 0 Å². The molecule has 2 rings (SSSR count). The lowest BCUT2D eigenvalue weighted by Gasteiger charge is -2.45. The molecule has 4 unspecified atom stereocenters. The number of nitrogens with one attached hydrogen (secondary N) is 1. The zero-order valence-electron chi connectivity index (χ0n) is 12.1. The second-order valence-corrected chi connectivity index (χ2v) is 6.59. The minimum atomic E-state index is 0.723. The van der Waals surface area contributed by atoms with Crippen molar-refractivity contribution in [2.45, 2.75) is 71.5 Å². The lowest BCUT2D eigenvalue weighted by Crippen LogP contribution is -2.60. The molecular formula is C15H30N2. The third-order valence-corrected chi connectivity index (χ3v) is 4.87. The molecule has 0 aromatic heterocycles. The van der Waals surface area contributed by atoms with Crippen LogP contribution >= 0.6 is 0 Å². The lowest BCUT2D eigenvalue weighted by molar-refractivity contribution is 0.0555. The highest BCUT2D eigenvalue weighted by Gasteiger charge is 2.36. The molecule has 17 heavy (non-hydrogen) atoms. The van der Waals surface area contributed by atoms with E-state index in [0.29, 0.717) is 0 Å². The van der Waals surface area contributed by atoms with Gasteiger partial charge in [-0.3, -0.25) is 4.90 Å². The van der Waals surface area contributed by atoms with Crippen LogP contribution in [0, 0.1) is 11.8 Å². The van der Waals surface area contributed by atoms with E-state index >= 15 is 0 Å². The van der Waals surface area contributed by atoms with E-state index in [1.165, 1.54) is 38.8 Å². The maximum absolute atomic E-state index is 3.72. The summed E-state index contributed by atoms with van der Waals surface area (Å²) in [4.78, 5) is 2.85. The molecule has 0 aromatic carbocycles. The van der Waals surface area contributed by atoms with E-state index < -0.39 is 0 Å². The molecule has 0 spiro atoms. The summed E-state index contributed by atoms with van der Waals surface area (Å²) in [6.07, 6.45) is 5.57. The van der Waals surface area contributed by atoms with E-state index in [4.69, 9.17) is 0 Å². The zero-order valence-corrected chi connectivity index (χ0v) is 12.1. The second-order valence-electron chi connectivity index (χ2n) is 6.59. The van der Waals surface area contributed by atoms with Crippen molar-refractivity contribution in [3.63, 3.8) is 0 Å². The lowest BCUT2D eigenvalue weighted by atomic mass is 9.95. The molecule has 1 N–H and O–H groups in total. The molecule has 1 aliphatic heterocycles. The monoisotopic (exact) mass is 238 g/mol. The van der Waals surface area contributed by atoms with Crippen molar-refractivity contribution >= 4 is 0 Å². The first kappa shape index (κ1) is 13.4. The predicted molar refractivity (Wildman–Crippen MR) is 74.2 cm³/mol. The van der Waals surface area contributed by atoms with Crippen molar-refractivity contribution in [2.75, 3.05) is 13.1 Å². The van der Waals surface area contributed by atoms with Crippen molar-refractivity contribution in [3.05, 3.63) is 0 Å². The van der Waals surface area contributed by atoms with Crippen LogP contribution in [-0.4, -0.2) is 36.1 Å². The Morgan fingerprint density at radius 2 is 2.06 bits per heavy atom. The Kier molecular flexibility index (Phi) is 4.48. The second kappa shape index (κ2) is 5.71. The minimum Gasteiger partial charge on any atom is -0.311 e. The molecule has 2 aliphatic rings. The van der Waals surface area contributed by atoms with Gasteiger partial charge >= 0.3 is 0 Å². The fourth-order valence-corrected chi connectivity index (χ4v) is 3.65. The van der Waals surface area contributed by atoms with Gasteiger partial charge in [-0.1, -0.05) is 27.7 Å². The zero-order chi connectivity index (χ0) is 12.4. The van der Waals surface area contributed by atoms with Gasteiger partial charge in [-0.25, -0.2) is 0 Å². The van der Waals surface area contributed by atoms with E-state index in [-0.39, 0.29) is 0 Å². The summed E-state index contributed by atoms with van der Waals surface area (Å²) in [6, 6.07) is 2.35. The molecule has 1 saturated carbocycles. The van der Waals surface area contributed by atoms with Crippen LogP contribution in [0.1, 0.15) is 53.4 Å². The van der Waals surface area contributed by atoms with Gasteiger partial charge in [0.1, 0.15) is 0 Å². The van der Waals surface area contributed by atoms with Crippen LogP contribution in [0.3, 0.4) is 0 Å². The first-order valence-electron chi connectivity index (χ1n) is 7.61. The van der Waals surface area contributed by atoms with Crippen LogP contribution in [0.5, 0.6) is 0 Å². The fourth-order valence-electron chi connectivity index (χ4n) is 3.65. The fraction of sp³-hybridized carbons (Fsp3) is 1.00. The number of nitrogens with zero attached hydrogens (tertiary/aromatic N) is 1. The van der Waals surface area contributed by atoms with Crippen LogP contribution < -0.4 is 5.32 Å². The number of rotatable bonds is 3. The summed E-state index contributed by atoms with van der Waals surface area (Å²) < 4.78 is 0. The molecule has 1 heterocycles. The van der Waals surface area contributed by atoms with Gasteiger partial charge in [-0.2, -0.15) is 0 Å². The van der Waals surface area contributed by atoms with E-state index in [1.54, 1.807) is 0 Å². The Morgan fingerprint density at radius 1 is 1.29 bits per heavy atom. The molecule has 0 bridgehead atoms. The van der Waals surface area contributed by atoms with Gasteiger partial charge in [0.2, 0.25) is 0 Å². The van der Waals surface area contributed by atoms with Gasteiger partial charge in [0.25, 0.3) is 0 Å². The maximum atomic E-state index is 3.72. The largest absolute Gasteiger partial charge is 0.311 e. The van der Waals surface area contributed by atoms with Gasteiger partial charge in [0, 0.05) is 31.2 Å². The number of piperazine rings is 1. The minimum absolute atomic E-state index is 0.723. The molecule has 2 heteroatoms. The molecule has 2 nitrogen and oxygen atoms in total. The van der Waals surface area contributed by atoms with Gasteiger partial charge in [0.05, 0.1) is 0 Å². The highest BCUT2D eigenvalue weighted by atomic mass is 15.3. The predicted octanol–water partition coefficient (Wildman–Crippen LogP) is 2.88. The molecular weight excluding hydrogens is 208 g/mol. The first-order valence-corrected chi connectivity index (χ1v) is 7.61. The Labute approximate surface area is 107 Å². The Balaban J connectivity index is 2.02. The Morgan fingerprint density at radius 3 is 2.59 bits per heavy atom. The molecule has 0 amide bonds. The summed E-state index contributed by atoms with van der Waals surface area (Å²) in [7, 11) is 0. The molecule has 0 aromatic rings. The van der Waals surface area contributed by atoms with Crippen LogP contribution in [0.25, 0.3) is 0 Å². The molecule has 4 atom stereocenters. The third-order valence-electron chi connectivity index (χ3n) is 4.87. The maximum Gasteiger partial charge on any atom is 0.0247 e. The molecule has 0 radical (unpaired) electrons. The van der Waals surface area contributed by atoms with Crippen LogP contribution in [0.2, 0.25) is 0 Å². The first-order chi connectivity index (χ1) is 8.11. The summed E-state index contributed by atoms with van der Waals surface area (Å²) >= 11 is 0. The molecule has 1 aliphatic carbocycles. The average Bonchev–Trinajstić information content (AvgIpc) is 2.75. The summed E-state index contributed by atoms with van der Waals surface area (Å²) in [5.41, 5.74) is 0. The summed E-state index contributed by atoms with van der Waals surface area (Å²) in [5, 5.41) is 3.72.